The van der Waals surface area contributed by atoms with Crippen LogP contribution >= 0.6 is 11.6 Å². The van der Waals surface area contributed by atoms with Crippen LogP contribution in [0.2, 0.25) is 5.02 Å². The molecule has 0 spiro atoms. The van der Waals surface area contributed by atoms with Crippen LogP contribution in [0.3, 0.4) is 0 Å². The fourth-order valence-corrected chi connectivity index (χ4v) is 2.61. The van der Waals surface area contributed by atoms with E-state index >= 15 is 0 Å². The highest BCUT2D eigenvalue weighted by Gasteiger charge is 2.14. The second-order valence-electron chi connectivity index (χ2n) is 4.94. The van der Waals surface area contributed by atoms with E-state index in [0.717, 1.165) is 45.0 Å². The summed E-state index contributed by atoms with van der Waals surface area (Å²) in [7, 11) is 3.52. The van der Waals surface area contributed by atoms with Gasteiger partial charge in [-0.25, -0.2) is 0 Å². The predicted octanol–water partition coefficient (Wildman–Crippen LogP) is 1.78. The Hall–Kier alpha value is -1.01. The molecule has 0 saturated carbocycles. The molecule has 0 atom stereocenters. The van der Waals surface area contributed by atoms with Crippen molar-refractivity contribution in [2.45, 2.75) is 6.54 Å². The van der Waals surface area contributed by atoms with E-state index in [1.165, 1.54) is 0 Å². The van der Waals surface area contributed by atoms with Crippen molar-refractivity contribution < 1.29 is 14.2 Å². The van der Waals surface area contributed by atoms with Gasteiger partial charge < -0.3 is 19.5 Å². The molecule has 21 heavy (non-hydrogen) atoms. The Bertz CT molecular complexity index is 451. The van der Waals surface area contributed by atoms with E-state index in [9.17, 15) is 0 Å². The minimum absolute atomic E-state index is 0.585. The van der Waals surface area contributed by atoms with Gasteiger partial charge in [0, 0.05) is 26.2 Å². The average molecular weight is 315 g/mol. The molecule has 1 aromatic rings. The summed E-state index contributed by atoms with van der Waals surface area (Å²) in [4.78, 5) is 2.32. The third-order valence-electron chi connectivity index (χ3n) is 3.43. The molecular weight excluding hydrogens is 292 g/mol. The summed E-state index contributed by atoms with van der Waals surface area (Å²) in [6, 6.07) is 3.86. The maximum atomic E-state index is 6.30. The van der Waals surface area contributed by atoms with Gasteiger partial charge in [-0.15, -0.1) is 0 Å². The Morgan fingerprint density at radius 2 is 2.10 bits per heavy atom. The van der Waals surface area contributed by atoms with Crippen molar-refractivity contribution in [1.82, 2.24) is 10.2 Å². The Kier molecular flexibility index (Phi) is 6.57. The van der Waals surface area contributed by atoms with Gasteiger partial charge >= 0.3 is 0 Å². The molecule has 0 aromatic heterocycles. The molecular formula is C15H23ClN2O3. The number of rotatable bonds is 7. The molecule has 1 aromatic carbocycles. The van der Waals surface area contributed by atoms with Crippen molar-refractivity contribution in [2.75, 3.05) is 53.6 Å². The van der Waals surface area contributed by atoms with Crippen molar-refractivity contribution in [1.29, 1.82) is 0 Å². The Morgan fingerprint density at radius 1 is 1.33 bits per heavy atom. The first-order valence-corrected chi connectivity index (χ1v) is 7.56. The monoisotopic (exact) mass is 314 g/mol. The van der Waals surface area contributed by atoms with Crippen molar-refractivity contribution in [3.05, 3.63) is 22.7 Å². The minimum Gasteiger partial charge on any atom is -0.493 e. The van der Waals surface area contributed by atoms with Gasteiger partial charge in [0.15, 0.2) is 11.5 Å². The summed E-state index contributed by atoms with van der Waals surface area (Å²) in [6.07, 6.45) is 0. The summed E-state index contributed by atoms with van der Waals surface area (Å²) >= 11 is 6.30. The second-order valence-corrected chi connectivity index (χ2v) is 5.35. The quantitative estimate of drug-likeness (QED) is 0.831. The summed E-state index contributed by atoms with van der Waals surface area (Å²) in [6.45, 7) is 5.68. The third kappa shape index (κ3) is 4.74. The largest absolute Gasteiger partial charge is 0.493 e. The minimum atomic E-state index is 0.585. The molecule has 0 aliphatic carbocycles. The summed E-state index contributed by atoms with van der Waals surface area (Å²) in [5.74, 6) is 1.29. The van der Waals surface area contributed by atoms with Crippen LogP contribution < -0.4 is 14.8 Å². The smallest absolute Gasteiger partial charge is 0.179 e. The number of hydrogen-bond acceptors (Lipinski definition) is 5. The van der Waals surface area contributed by atoms with E-state index in [4.69, 9.17) is 25.8 Å². The van der Waals surface area contributed by atoms with E-state index in [1.807, 2.05) is 19.2 Å². The molecule has 2 rings (SSSR count). The number of ether oxygens (including phenoxy) is 3. The molecule has 5 nitrogen and oxygen atoms in total. The van der Waals surface area contributed by atoms with Crippen LogP contribution in [0.25, 0.3) is 0 Å². The van der Waals surface area contributed by atoms with Gasteiger partial charge in [-0.3, -0.25) is 4.90 Å². The second kappa shape index (κ2) is 8.44. The first-order valence-electron chi connectivity index (χ1n) is 7.18. The molecule has 0 unspecified atom stereocenters. The van der Waals surface area contributed by atoms with Crippen molar-refractivity contribution in [3.63, 3.8) is 0 Å². The maximum absolute atomic E-state index is 6.30. The van der Waals surface area contributed by atoms with E-state index in [0.29, 0.717) is 23.1 Å². The van der Waals surface area contributed by atoms with Gasteiger partial charge in [-0.1, -0.05) is 11.6 Å². The van der Waals surface area contributed by atoms with E-state index in [1.54, 1.807) is 7.11 Å². The third-order valence-corrected chi connectivity index (χ3v) is 3.71. The van der Waals surface area contributed by atoms with Gasteiger partial charge in [-0.05, 0) is 24.7 Å². The summed E-state index contributed by atoms with van der Waals surface area (Å²) < 4.78 is 16.5. The van der Waals surface area contributed by atoms with Crippen molar-refractivity contribution >= 4 is 11.6 Å². The zero-order valence-corrected chi connectivity index (χ0v) is 13.4. The van der Waals surface area contributed by atoms with E-state index < -0.39 is 0 Å². The molecule has 1 heterocycles. The molecule has 6 heteroatoms. The first kappa shape index (κ1) is 16.4. The fourth-order valence-electron chi connectivity index (χ4n) is 2.32. The molecule has 0 amide bonds. The van der Waals surface area contributed by atoms with E-state index in [-0.39, 0.29) is 0 Å². The Labute approximate surface area is 131 Å². The lowest BCUT2D eigenvalue weighted by Crippen LogP contribution is -2.38. The number of nitrogens with zero attached hydrogens (tertiary/aromatic N) is 1. The number of methoxy groups -OCH3 is 1. The molecule has 118 valence electrons. The van der Waals surface area contributed by atoms with Gasteiger partial charge in [0.25, 0.3) is 0 Å². The number of nitrogens with one attached hydrogen (secondary N) is 1. The average Bonchev–Trinajstić information content (AvgIpc) is 2.50. The van der Waals surface area contributed by atoms with Crippen LogP contribution in [0, 0.1) is 0 Å². The van der Waals surface area contributed by atoms with Gasteiger partial charge in [0.1, 0.15) is 6.61 Å². The Balaban J connectivity index is 1.94. The molecule has 0 radical (unpaired) electrons. The zero-order valence-electron chi connectivity index (χ0n) is 12.7. The van der Waals surface area contributed by atoms with Crippen LogP contribution in [0.15, 0.2) is 12.1 Å². The van der Waals surface area contributed by atoms with Gasteiger partial charge in [0.05, 0.1) is 25.3 Å². The normalized spacial score (nSPS) is 16.0. The number of morpholine rings is 1. The van der Waals surface area contributed by atoms with Gasteiger partial charge in [-0.2, -0.15) is 0 Å². The molecule has 1 N–H and O–H groups in total. The fraction of sp³-hybridized carbons (Fsp3) is 0.600. The maximum Gasteiger partial charge on any atom is 0.179 e. The molecule has 1 aliphatic heterocycles. The number of hydrogen-bond donors (Lipinski definition) is 1. The molecule has 1 saturated heterocycles. The number of benzene rings is 1. The standard InChI is InChI=1S/C15H23ClN2O3/c1-17-11-12-9-13(16)15(14(10-12)19-2)21-8-5-18-3-6-20-7-4-18/h9-10,17H,3-8,11H2,1-2H3. The lowest BCUT2D eigenvalue weighted by atomic mass is 10.2. The predicted molar refractivity (Wildman–Crippen MR) is 83.5 cm³/mol. The van der Waals surface area contributed by atoms with Crippen molar-refractivity contribution in [2.24, 2.45) is 0 Å². The zero-order chi connectivity index (χ0) is 15.1. The SMILES string of the molecule is CNCc1cc(Cl)c(OCCN2CCOCC2)c(OC)c1. The highest BCUT2D eigenvalue weighted by Crippen LogP contribution is 2.36. The van der Waals surface area contributed by atoms with Crippen molar-refractivity contribution in [3.8, 4) is 11.5 Å². The lowest BCUT2D eigenvalue weighted by molar-refractivity contribution is 0.0321. The highest BCUT2D eigenvalue weighted by molar-refractivity contribution is 6.32. The molecule has 1 aliphatic rings. The van der Waals surface area contributed by atoms with E-state index in [2.05, 4.69) is 10.2 Å². The molecule has 1 fully saturated rings. The van der Waals surface area contributed by atoms with Crippen LogP contribution in [-0.4, -0.2) is 58.5 Å². The van der Waals surface area contributed by atoms with Crippen LogP contribution in [-0.2, 0) is 11.3 Å². The lowest BCUT2D eigenvalue weighted by Gasteiger charge is -2.26. The van der Waals surface area contributed by atoms with Crippen LogP contribution in [0.4, 0.5) is 0 Å². The summed E-state index contributed by atoms with van der Waals surface area (Å²) in [5, 5.41) is 3.68. The molecule has 0 bridgehead atoms. The highest BCUT2D eigenvalue weighted by atomic mass is 35.5. The van der Waals surface area contributed by atoms with Crippen LogP contribution in [0.1, 0.15) is 5.56 Å². The van der Waals surface area contributed by atoms with Gasteiger partial charge in [0.2, 0.25) is 0 Å². The Morgan fingerprint density at radius 3 is 2.76 bits per heavy atom. The summed E-state index contributed by atoms with van der Waals surface area (Å²) in [5.41, 5.74) is 1.07. The number of halogens is 1. The first-order chi connectivity index (χ1) is 10.2. The van der Waals surface area contributed by atoms with Crippen LogP contribution in [0.5, 0.6) is 11.5 Å². The topological polar surface area (TPSA) is 43.0 Å².